The van der Waals surface area contributed by atoms with E-state index in [4.69, 9.17) is 16.0 Å². The highest BCUT2D eigenvalue weighted by Crippen LogP contribution is 2.70. The van der Waals surface area contributed by atoms with Gasteiger partial charge < -0.3 is 10.6 Å². The molecular formula is C31H32FN5OS. The van der Waals surface area contributed by atoms with E-state index in [-0.39, 0.29) is 28.3 Å². The zero-order chi connectivity index (χ0) is 27.4. The van der Waals surface area contributed by atoms with Crippen molar-refractivity contribution in [2.75, 3.05) is 6.54 Å². The van der Waals surface area contributed by atoms with Gasteiger partial charge >= 0.3 is 0 Å². The lowest BCUT2D eigenvalue weighted by Gasteiger charge is -2.45. The highest BCUT2D eigenvalue weighted by atomic mass is 32.2. The molecule has 2 unspecified atom stereocenters. The van der Waals surface area contributed by atoms with Crippen LogP contribution in [0.3, 0.4) is 0 Å². The van der Waals surface area contributed by atoms with Crippen LogP contribution in [0.25, 0.3) is 11.9 Å². The number of amidine groups is 1. The van der Waals surface area contributed by atoms with Crippen LogP contribution in [0.4, 0.5) is 4.39 Å². The summed E-state index contributed by atoms with van der Waals surface area (Å²) in [4.78, 5) is 25.5. The molecule has 2 bridgehead atoms. The van der Waals surface area contributed by atoms with Crippen molar-refractivity contribution in [2.24, 2.45) is 27.5 Å². The molecule has 8 heteroatoms. The molecule has 2 aromatic rings. The minimum atomic E-state index is -0.551. The number of carbonyl (C=O) groups excluding carboxylic acids is 1. The Balaban J connectivity index is 1.18. The van der Waals surface area contributed by atoms with Crippen molar-refractivity contribution in [3.8, 4) is 6.07 Å². The molecule has 3 aliphatic carbocycles. The summed E-state index contributed by atoms with van der Waals surface area (Å²) in [5, 5.41) is 9.45. The summed E-state index contributed by atoms with van der Waals surface area (Å²) in [6.45, 7) is 7.82. The Morgan fingerprint density at radius 2 is 2.05 bits per heavy atom. The van der Waals surface area contributed by atoms with Crippen molar-refractivity contribution < 1.29 is 9.18 Å². The molecule has 3 fully saturated rings. The Labute approximate surface area is 232 Å². The van der Waals surface area contributed by atoms with Gasteiger partial charge in [-0.2, -0.15) is 5.26 Å². The van der Waals surface area contributed by atoms with Crippen molar-refractivity contribution in [1.82, 2.24) is 9.88 Å². The lowest BCUT2D eigenvalue weighted by Crippen LogP contribution is -2.51. The van der Waals surface area contributed by atoms with Crippen molar-refractivity contribution in [1.29, 1.82) is 5.26 Å². The third kappa shape index (κ3) is 3.69. The number of benzene rings is 1. The molecule has 6 nitrogen and oxygen atoms in total. The number of likely N-dealkylation sites (tertiary alicyclic amines) is 1. The van der Waals surface area contributed by atoms with Gasteiger partial charge in [0.05, 0.1) is 16.8 Å². The van der Waals surface area contributed by atoms with E-state index in [1.54, 1.807) is 6.07 Å². The number of halogens is 1. The van der Waals surface area contributed by atoms with Gasteiger partial charge in [-0.05, 0) is 77.5 Å². The monoisotopic (exact) mass is 541 g/mol. The number of nitrogens with zero attached hydrogens (tertiary/aromatic N) is 4. The Morgan fingerprint density at radius 3 is 2.79 bits per heavy atom. The number of nitrogens with two attached hydrogens (primary N) is 1. The third-order valence-electron chi connectivity index (χ3n) is 9.61. The first kappa shape index (κ1) is 24.8. The summed E-state index contributed by atoms with van der Waals surface area (Å²) in [6.07, 6.45) is 7.63. The minimum absolute atomic E-state index is 0.0906. The highest BCUT2D eigenvalue weighted by Gasteiger charge is 2.75. The molecule has 1 aromatic heterocycles. The number of fused-ring (bicyclic) bond motifs is 6. The lowest BCUT2D eigenvalue weighted by atomic mass is 9.65. The van der Waals surface area contributed by atoms with E-state index in [0.29, 0.717) is 22.3 Å². The smallest absolute Gasteiger partial charge is 0.239 e. The van der Waals surface area contributed by atoms with Crippen LogP contribution < -0.4 is 5.73 Å². The molecule has 200 valence electrons. The zero-order valence-electron chi connectivity index (χ0n) is 22.5. The number of pyridine rings is 1. The molecule has 1 aromatic carbocycles. The number of hydrogen-bond donors (Lipinski definition) is 1. The quantitative estimate of drug-likeness (QED) is 0.560. The number of hydrogen-bond acceptors (Lipinski definition) is 6. The van der Waals surface area contributed by atoms with E-state index in [0.717, 1.165) is 44.2 Å². The van der Waals surface area contributed by atoms with Crippen molar-refractivity contribution in [3.05, 3.63) is 64.5 Å². The lowest BCUT2D eigenvalue weighted by molar-refractivity contribution is -0.133. The van der Waals surface area contributed by atoms with E-state index < -0.39 is 16.1 Å². The summed E-state index contributed by atoms with van der Waals surface area (Å²) in [6, 6.07) is 11.3. The number of amides is 1. The molecule has 5 aliphatic rings. The van der Waals surface area contributed by atoms with E-state index in [1.165, 1.54) is 35.7 Å². The third-order valence-corrected chi connectivity index (χ3v) is 10.9. The van der Waals surface area contributed by atoms with E-state index in [2.05, 4.69) is 30.7 Å². The van der Waals surface area contributed by atoms with Gasteiger partial charge in [0.2, 0.25) is 5.91 Å². The summed E-state index contributed by atoms with van der Waals surface area (Å²) in [7, 11) is 0. The highest BCUT2D eigenvalue weighted by molar-refractivity contribution is 8.15. The van der Waals surface area contributed by atoms with Crippen LogP contribution >= 0.6 is 11.8 Å². The number of aliphatic imine (C=N–C) groups is 1. The van der Waals surface area contributed by atoms with Gasteiger partial charge in [-0.15, -0.1) is 0 Å². The van der Waals surface area contributed by atoms with Gasteiger partial charge in [0.15, 0.2) is 5.17 Å². The molecule has 1 spiro atoms. The molecule has 2 aliphatic heterocycles. The molecule has 39 heavy (non-hydrogen) atoms. The van der Waals surface area contributed by atoms with Crippen LogP contribution in [0.5, 0.6) is 0 Å². The normalized spacial score (nSPS) is 35.4. The summed E-state index contributed by atoms with van der Waals surface area (Å²) < 4.78 is 14.5. The van der Waals surface area contributed by atoms with Crippen molar-refractivity contribution in [2.45, 2.75) is 69.2 Å². The fourth-order valence-electron chi connectivity index (χ4n) is 8.37. The Bertz CT molecular complexity index is 1530. The molecule has 2 saturated carbocycles. The second-order valence-corrected chi connectivity index (χ2v) is 14.7. The summed E-state index contributed by atoms with van der Waals surface area (Å²) >= 11 is 1.47. The van der Waals surface area contributed by atoms with Crippen molar-refractivity contribution >= 4 is 34.7 Å². The summed E-state index contributed by atoms with van der Waals surface area (Å²) in [5.41, 5.74) is 9.85. The average molecular weight is 542 g/mol. The number of aromatic nitrogens is 1. The van der Waals surface area contributed by atoms with Crippen LogP contribution in [0.2, 0.25) is 0 Å². The molecule has 1 saturated heterocycles. The second kappa shape index (κ2) is 7.94. The van der Waals surface area contributed by atoms with Gasteiger partial charge in [0.25, 0.3) is 0 Å². The first-order valence-corrected chi connectivity index (χ1v) is 14.5. The fraction of sp³-hybridized carbons (Fsp3) is 0.484. The Morgan fingerprint density at radius 1 is 1.23 bits per heavy atom. The summed E-state index contributed by atoms with van der Waals surface area (Å²) in [5.74, 6) is -0.140. The Hall–Kier alpha value is -3.18. The fourth-order valence-corrected chi connectivity index (χ4v) is 9.74. The Kier molecular flexibility index (Phi) is 5.06. The number of thioether (sulfide) groups is 1. The van der Waals surface area contributed by atoms with Gasteiger partial charge in [0.1, 0.15) is 16.6 Å². The SMILES string of the molecule is CC1(C)CC2CC(C)(CN2C(=O)[C@]23C[C@H]2[C@]2(Cc4ccc(/C=C(\F)c5ccc(C#N)cn5)cc42)N=C(N)S3)C1. The molecular weight excluding hydrogens is 509 g/mol. The van der Waals surface area contributed by atoms with Crippen LogP contribution in [0, 0.1) is 28.1 Å². The second-order valence-electron chi connectivity index (χ2n) is 13.4. The zero-order valence-corrected chi connectivity index (χ0v) is 23.3. The molecule has 7 rings (SSSR count). The van der Waals surface area contributed by atoms with Crippen LogP contribution in [0.15, 0.2) is 41.5 Å². The molecule has 1 amide bonds. The molecule has 5 atom stereocenters. The first-order valence-electron chi connectivity index (χ1n) is 13.7. The first-order chi connectivity index (χ1) is 18.5. The number of rotatable bonds is 3. The van der Waals surface area contributed by atoms with Crippen LogP contribution in [-0.4, -0.2) is 38.3 Å². The molecule has 0 radical (unpaired) electrons. The predicted octanol–water partition coefficient (Wildman–Crippen LogP) is 5.42. The van der Waals surface area contributed by atoms with Gasteiger partial charge in [-0.25, -0.2) is 4.39 Å². The van der Waals surface area contributed by atoms with E-state index in [1.807, 2.05) is 24.3 Å². The standard InChI is InChI=1S/C31H32FN5OS/c1-28(2)11-21-12-29(3,16-28)17-37(21)26(38)31-13-25(31)30(36-27(34)39-31)10-20-6-4-18(8-22(20)30)9-23(32)24-7-5-19(14-33)15-35-24/h4-9,15,21,25H,10-13,16-17H2,1-3H3,(H2,34,36)/b23-9-/t21?,25-,29?,30+,31-/m0/s1. The van der Waals surface area contributed by atoms with Crippen molar-refractivity contribution in [3.63, 3.8) is 0 Å². The van der Waals surface area contributed by atoms with Gasteiger partial charge in [-0.3, -0.25) is 14.8 Å². The maximum Gasteiger partial charge on any atom is 0.239 e. The van der Waals surface area contributed by atoms with E-state index >= 15 is 4.39 Å². The van der Waals surface area contributed by atoms with Crippen LogP contribution in [-0.2, 0) is 16.8 Å². The number of carbonyl (C=O) groups is 1. The molecule has 3 heterocycles. The average Bonchev–Trinajstić information content (AvgIpc) is 3.55. The maximum atomic E-state index is 15.0. The molecule has 2 N–H and O–H groups in total. The predicted molar refractivity (Wildman–Crippen MR) is 151 cm³/mol. The van der Waals surface area contributed by atoms with Crippen LogP contribution in [0.1, 0.15) is 74.4 Å². The van der Waals surface area contributed by atoms with Gasteiger partial charge in [-0.1, -0.05) is 44.7 Å². The largest absolute Gasteiger partial charge is 0.378 e. The number of nitriles is 1. The van der Waals surface area contributed by atoms with Gasteiger partial charge in [0, 0.05) is 31.1 Å². The van der Waals surface area contributed by atoms with E-state index in [9.17, 15) is 4.79 Å². The minimum Gasteiger partial charge on any atom is -0.378 e. The topological polar surface area (TPSA) is 95.4 Å². The maximum absolute atomic E-state index is 15.0.